The van der Waals surface area contributed by atoms with Crippen molar-refractivity contribution in [3.05, 3.63) is 23.8 Å². The van der Waals surface area contributed by atoms with E-state index in [9.17, 15) is 26.3 Å². The van der Waals surface area contributed by atoms with Crippen LogP contribution in [0.5, 0.6) is 11.5 Å². The Bertz CT molecular complexity index is 449. The summed E-state index contributed by atoms with van der Waals surface area (Å²) in [7, 11) is 2.43. The molecule has 0 saturated carbocycles. The monoisotopic (exact) mass is 317 g/mol. The summed E-state index contributed by atoms with van der Waals surface area (Å²) in [5.74, 6) is -3.59. The molecule has 1 rings (SSSR count). The molecule has 0 amide bonds. The molecule has 21 heavy (non-hydrogen) atoms. The lowest BCUT2D eigenvalue weighted by Crippen LogP contribution is -2.44. The van der Waals surface area contributed by atoms with E-state index in [0.29, 0.717) is 0 Å². The number of rotatable bonds is 4. The fourth-order valence-electron chi connectivity index (χ4n) is 1.81. The maximum Gasteiger partial charge on any atom is 0.402 e. The van der Waals surface area contributed by atoms with Crippen LogP contribution >= 0.6 is 0 Å². The normalized spacial score (nSPS) is 14.2. The molecule has 0 saturated heterocycles. The van der Waals surface area contributed by atoms with Crippen molar-refractivity contribution in [3.8, 4) is 11.5 Å². The van der Waals surface area contributed by atoms with Gasteiger partial charge >= 0.3 is 12.4 Å². The molecule has 1 aromatic carbocycles. The molecule has 0 aliphatic heterocycles. The zero-order valence-electron chi connectivity index (χ0n) is 11.0. The van der Waals surface area contributed by atoms with Gasteiger partial charge in [-0.05, 0) is 17.7 Å². The summed E-state index contributed by atoms with van der Waals surface area (Å²) >= 11 is 0. The Balaban J connectivity index is 3.30. The van der Waals surface area contributed by atoms with Gasteiger partial charge in [0.25, 0.3) is 0 Å². The summed E-state index contributed by atoms with van der Waals surface area (Å²) in [6.07, 6.45) is -11.0. The van der Waals surface area contributed by atoms with Crippen molar-refractivity contribution < 1.29 is 35.8 Å². The van der Waals surface area contributed by atoms with Gasteiger partial charge in [0.2, 0.25) is 0 Å². The zero-order valence-corrected chi connectivity index (χ0v) is 11.0. The molecule has 120 valence electrons. The third kappa shape index (κ3) is 4.16. The van der Waals surface area contributed by atoms with Crippen LogP contribution in [0, 0.1) is 5.92 Å². The van der Waals surface area contributed by atoms with E-state index in [1.165, 1.54) is 20.3 Å². The van der Waals surface area contributed by atoms with Gasteiger partial charge in [0.1, 0.15) is 11.5 Å². The standard InChI is InChI=1S/C12H13F6NO2/c1-20-7-3-6(4-8(5-7)21-2)9(19)10(11(13,14)15)12(16,17)18/h3-5,9-10H,19H2,1-2H3. The predicted molar refractivity (Wildman–Crippen MR) is 62.1 cm³/mol. The highest BCUT2D eigenvalue weighted by molar-refractivity contribution is 5.40. The number of hydrogen-bond acceptors (Lipinski definition) is 3. The van der Waals surface area contributed by atoms with Gasteiger partial charge in [0.15, 0.2) is 5.92 Å². The number of nitrogens with two attached hydrogens (primary N) is 1. The Kier molecular flexibility index (Phi) is 4.98. The van der Waals surface area contributed by atoms with Gasteiger partial charge in [-0.15, -0.1) is 0 Å². The molecule has 0 heterocycles. The second kappa shape index (κ2) is 6.00. The SMILES string of the molecule is COc1cc(OC)cc(C(N)C(C(F)(F)F)C(F)(F)F)c1. The minimum atomic E-state index is -5.52. The first-order chi connectivity index (χ1) is 9.50. The minimum absolute atomic E-state index is 0.0444. The summed E-state index contributed by atoms with van der Waals surface area (Å²) < 4.78 is 85.5. The van der Waals surface area contributed by atoms with Gasteiger partial charge in [-0.25, -0.2) is 0 Å². The number of alkyl halides is 6. The largest absolute Gasteiger partial charge is 0.497 e. The van der Waals surface area contributed by atoms with E-state index in [2.05, 4.69) is 0 Å². The number of halogens is 6. The van der Waals surface area contributed by atoms with E-state index >= 15 is 0 Å². The van der Waals surface area contributed by atoms with Gasteiger partial charge in [-0.3, -0.25) is 0 Å². The highest BCUT2D eigenvalue weighted by Crippen LogP contribution is 2.46. The van der Waals surface area contributed by atoms with Crippen LogP contribution in [0.4, 0.5) is 26.3 Å². The van der Waals surface area contributed by atoms with Crippen LogP contribution in [0.1, 0.15) is 11.6 Å². The maximum absolute atomic E-state index is 12.7. The lowest BCUT2D eigenvalue weighted by Gasteiger charge is -2.28. The van der Waals surface area contributed by atoms with E-state index in [-0.39, 0.29) is 17.1 Å². The molecule has 1 aromatic rings. The molecule has 3 nitrogen and oxygen atoms in total. The Morgan fingerprint density at radius 3 is 1.52 bits per heavy atom. The third-order valence-electron chi connectivity index (χ3n) is 2.82. The van der Waals surface area contributed by atoms with E-state index in [4.69, 9.17) is 15.2 Å². The summed E-state index contributed by atoms with van der Waals surface area (Å²) in [4.78, 5) is 0. The average molecular weight is 317 g/mol. The molecular formula is C12H13F6NO2. The smallest absolute Gasteiger partial charge is 0.402 e. The molecule has 1 unspecified atom stereocenters. The number of ether oxygens (including phenoxy) is 2. The van der Waals surface area contributed by atoms with Gasteiger partial charge < -0.3 is 15.2 Å². The molecular weight excluding hydrogens is 304 g/mol. The van der Waals surface area contributed by atoms with Crippen molar-refractivity contribution >= 4 is 0 Å². The molecule has 0 aliphatic carbocycles. The quantitative estimate of drug-likeness (QED) is 0.865. The summed E-state index contributed by atoms with van der Waals surface area (Å²) in [5.41, 5.74) is 4.82. The fraction of sp³-hybridized carbons (Fsp3) is 0.500. The van der Waals surface area contributed by atoms with Crippen molar-refractivity contribution in [2.24, 2.45) is 11.7 Å². The van der Waals surface area contributed by atoms with Crippen molar-refractivity contribution in [2.45, 2.75) is 18.4 Å². The molecule has 0 aromatic heterocycles. The van der Waals surface area contributed by atoms with Gasteiger partial charge in [0, 0.05) is 6.07 Å². The van der Waals surface area contributed by atoms with Crippen molar-refractivity contribution in [1.82, 2.24) is 0 Å². The summed E-state index contributed by atoms with van der Waals surface area (Å²) in [5, 5.41) is 0. The fourth-order valence-corrected chi connectivity index (χ4v) is 1.81. The van der Waals surface area contributed by atoms with E-state index in [1.807, 2.05) is 0 Å². The second-order valence-electron chi connectivity index (χ2n) is 4.23. The van der Waals surface area contributed by atoms with Crippen LogP contribution in [-0.4, -0.2) is 26.6 Å². The Morgan fingerprint density at radius 2 is 1.24 bits per heavy atom. The molecule has 0 spiro atoms. The first-order valence-corrected chi connectivity index (χ1v) is 5.62. The molecule has 2 N–H and O–H groups in total. The van der Waals surface area contributed by atoms with Crippen LogP contribution in [-0.2, 0) is 0 Å². The Hall–Kier alpha value is -1.64. The summed E-state index contributed by atoms with van der Waals surface area (Å²) in [6, 6.07) is 1.01. The second-order valence-corrected chi connectivity index (χ2v) is 4.23. The van der Waals surface area contributed by atoms with Crippen LogP contribution in [0.15, 0.2) is 18.2 Å². The maximum atomic E-state index is 12.7. The van der Waals surface area contributed by atoms with Crippen LogP contribution in [0.2, 0.25) is 0 Å². The average Bonchev–Trinajstić information content (AvgIpc) is 2.34. The highest BCUT2D eigenvalue weighted by Gasteiger charge is 2.59. The number of methoxy groups -OCH3 is 2. The topological polar surface area (TPSA) is 44.5 Å². The third-order valence-corrected chi connectivity index (χ3v) is 2.82. The molecule has 0 aliphatic rings. The van der Waals surface area contributed by atoms with Gasteiger partial charge in [-0.2, -0.15) is 26.3 Å². The minimum Gasteiger partial charge on any atom is -0.497 e. The van der Waals surface area contributed by atoms with E-state index in [0.717, 1.165) is 12.1 Å². The van der Waals surface area contributed by atoms with E-state index in [1.54, 1.807) is 0 Å². The Morgan fingerprint density at radius 1 is 0.857 bits per heavy atom. The lowest BCUT2D eigenvalue weighted by atomic mass is 9.92. The van der Waals surface area contributed by atoms with Gasteiger partial charge in [-0.1, -0.05) is 0 Å². The van der Waals surface area contributed by atoms with Crippen molar-refractivity contribution in [1.29, 1.82) is 0 Å². The zero-order chi connectivity index (χ0) is 16.4. The van der Waals surface area contributed by atoms with Gasteiger partial charge in [0.05, 0.1) is 20.3 Å². The molecule has 0 radical (unpaired) electrons. The Labute approximate surface area is 116 Å². The first kappa shape index (κ1) is 17.4. The van der Waals surface area contributed by atoms with E-state index < -0.39 is 24.3 Å². The number of benzene rings is 1. The molecule has 0 fully saturated rings. The molecule has 1 atom stereocenters. The van der Waals surface area contributed by atoms with Crippen molar-refractivity contribution in [2.75, 3.05) is 14.2 Å². The number of hydrogen-bond donors (Lipinski definition) is 1. The van der Waals surface area contributed by atoms with Crippen LogP contribution in [0.25, 0.3) is 0 Å². The first-order valence-electron chi connectivity index (χ1n) is 5.62. The van der Waals surface area contributed by atoms with Crippen LogP contribution < -0.4 is 15.2 Å². The highest BCUT2D eigenvalue weighted by atomic mass is 19.4. The molecule has 9 heteroatoms. The molecule has 0 bridgehead atoms. The predicted octanol–water partition coefficient (Wildman–Crippen LogP) is 3.44. The van der Waals surface area contributed by atoms with Crippen molar-refractivity contribution in [3.63, 3.8) is 0 Å². The summed E-state index contributed by atoms with van der Waals surface area (Å²) in [6.45, 7) is 0. The van der Waals surface area contributed by atoms with Crippen LogP contribution in [0.3, 0.4) is 0 Å². The lowest BCUT2D eigenvalue weighted by molar-refractivity contribution is -0.290.